The normalized spacial score (nSPS) is 11.5. The van der Waals surface area contributed by atoms with Crippen molar-refractivity contribution in [3.05, 3.63) is 53.1 Å². The van der Waals surface area contributed by atoms with Gasteiger partial charge in [0.15, 0.2) is 0 Å². The summed E-state index contributed by atoms with van der Waals surface area (Å²) in [6, 6.07) is 13.3. The molecule has 0 atom stereocenters. The lowest BCUT2D eigenvalue weighted by atomic mass is 9.82. The Morgan fingerprint density at radius 1 is 0.850 bits per heavy atom. The van der Waals surface area contributed by atoms with E-state index < -0.39 is 0 Å². The maximum atomic E-state index is 3.16. The summed E-state index contributed by atoms with van der Waals surface area (Å²) < 4.78 is 0. The minimum absolute atomic E-state index is 0.198. The first-order valence-corrected chi connectivity index (χ1v) is 7.23. The monoisotopic (exact) mass is 267 g/mol. The van der Waals surface area contributed by atoms with Gasteiger partial charge in [0.25, 0.3) is 0 Å². The Labute approximate surface area is 123 Å². The van der Waals surface area contributed by atoms with Crippen molar-refractivity contribution in [2.75, 3.05) is 12.4 Å². The molecule has 2 aromatic rings. The molecule has 0 saturated heterocycles. The molecule has 0 aliphatic heterocycles. The third kappa shape index (κ3) is 2.87. The average molecular weight is 267 g/mol. The van der Waals surface area contributed by atoms with Gasteiger partial charge in [-0.05, 0) is 59.2 Å². The second kappa shape index (κ2) is 5.32. The van der Waals surface area contributed by atoms with E-state index >= 15 is 0 Å². The van der Waals surface area contributed by atoms with Gasteiger partial charge in [-0.25, -0.2) is 0 Å². The van der Waals surface area contributed by atoms with Crippen LogP contribution < -0.4 is 5.32 Å². The first-order valence-electron chi connectivity index (χ1n) is 7.23. The quantitative estimate of drug-likeness (QED) is 0.777. The smallest absolute Gasteiger partial charge is 0.0337 e. The number of anilines is 1. The van der Waals surface area contributed by atoms with Crippen molar-refractivity contribution in [1.29, 1.82) is 0 Å². The average Bonchev–Trinajstić information content (AvgIpc) is 2.37. The van der Waals surface area contributed by atoms with Crippen molar-refractivity contribution in [3.63, 3.8) is 0 Å². The lowest BCUT2D eigenvalue weighted by Crippen LogP contribution is -2.12. The lowest BCUT2D eigenvalue weighted by Gasteiger charge is -2.22. The number of nitrogens with one attached hydrogen (secondary N) is 1. The molecule has 2 aromatic carbocycles. The molecule has 2 rings (SSSR count). The lowest BCUT2D eigenvalue weighted by molar-refractivity contribution is 0.589. The van der Waals surface area contributed by atoms with E-state index in [1.165, 1.54) is 27.8 Å². The molecule has 0 aliphatic rings. The van der Waals surface area contributed by atoms with Gasteiger partial charge in [0.2, 0.25) is 0 Å². The van der Waals surface area contributed by atoms with E-state index in [-0.39, 0.29) is 5.41 Å². The van der Waals surface area contributed by atoms with Gasteiger partial charge in [0, 0.05) is 12.7 Å². The molecular weight excluding hydrogens is 242 g/mol. The summed E-state index contributed by atoms with van der Waals surface area (Å²) in [5.74, 6) is 0. The van der Waals surface area contributed by atoms with Crippen LogP contribution in [0.5, 0.6) is 0 Å². The molecule has 0 aromatic heterocycles. The van der Waals surface area contributed by atoms with Crippen molar-refractivity contribution in [2.24, 2.45) is 0 Å². The third-order valence-electron chi connectivity index (χ3n) is 3.86. The fraction of sp³-hybridized carbons (Fsp3) is 0.368. The van der Waals surface area contributed by atoms with Gasteiger partial charge in [-0.3, -0.25) is 0 Å². The fourth-order valence-electron chi connectivity index (χ4n) is 2.66. The zero-order valence-corrected chi connectivity index (χ0v) is 13.5. The van der Waals surface area contributed by atoms with Crippen molar-refractivity contribution >= 4 is 5.69 Å². The molecule has 0 heterocycles. The fourth-order valence-corrected chi connectivity index (χ4v) is 2.66. The first-order chi connectivity index (χ1) is 9.32. The Kier molecular flexibility index (Phi) is 3.89. The number of hydrogen-bond donors (Lipinski definition) is 1. The van der Waals surface area contributed by atoms with E-state index in [1.807, 2.05) is 7.05 Å². The molecule has 0 saturated carbocycles. The Balaban J connectivity index is 2.52. The van der Waals surface area contributed by atoms with E-state index in [1.54, 1.807) is 0 Å². The number of benzene rings is 2. The summed E-state index contributed by atoms with van der Waals surface area (Å²) >= 11 is 0. The number of aryl methyl sites for hydroxylation is 2. The third-order valence-corrected chi connectivity index (χ3v) is 3.86. The molecule has 1 nitrogen and oxygen atoms in total. The molecule has 0 bridgehead atoms. The minimum Gasteiger partial charge on any atom is -0.388 e. The number of hydrogen-bond acceptors (Lipinski definition) is 1. The van der Waals surface area contributed by atoms with Gasteiger partial charge in [-0.1, -0.05) is 45.0 Å². The van der Waals surface area contributed by atoms with E-state index in [9.17, 15) is 0 Å². The van der Waals surface area contributed by atoms with Crippen LogP contribution in [-0.4, -0.2) is 7.05 Å². The van der Waals surface area contributed by atoms with Crippen LogP contribution in [0.25, 0.3) is 11.1 Å². The van der Waals surface area contributed by atoms with Crippen LogP contribution in [0.1, 0.15) is 37.5 Å². The highest BCUT2D eigenvalue weighted by Gasteiger charge is 2.16. The Morgan fingerprint density at radius 3 is 1.75 bits per heavy atom. The van der Waals surface area contributed by atoms with Crippen LogP contribution >= 0.6 is 0 Å². The highest BCUT2D eigenvalue weighted by molar-refractivity contribution is 5.73. The molecule has 0 spiro atoms. The van der Waals surface area contributed by atoms with E-state index in [0.29, 0.717) is 0 Å². The predicted molar refractivity (Wildman–Crippen MR) is 89.6 cm³/mol. The Hall–Kier alpha value is -1.76. The van der Waals surface area contributed by atoms with Gasteiger partial charge in [0.05, 0.1) is 0 Å². The maximum Gasteiger partial charge on any atom is 0.0337 e. The zero-order chi connectivity index (χ0) is 14.9. The standard InChI is InChI=1S/C19H25N/c1-13-11-16(19(3,4)5)12-14(2)18(13)15-7-9-17(20-6)10-8-15/h7-12,20H,1-6H3. The van der Waals surface area contributed by atoms with E-state index in [2.05, 4.69) is 76.3 Å². The predicted octanol–water partition coefficient (Wildman–Crippen LogP) is 5.31. The summed E-state index contributed by atoms with van der Waals surface area (Å²) in [6.45, 7) is 11.2. The molecule has 106 valence electrons. The molecule has 1 N–H and O–H groups in total. The van der Waals surface area contributed by atoms with Crippen molar-refractivity contribution in [1.82, 2.24) is 0 Å². The number of rotatable bonds is 2. The van der Waals surface area contributed by atoms with Crippen molar-refractivity contribution < 1.29 is 0 Å². The van der Waals surface area contributed by atoms with Crippen LogP contribution in [0.2, 0.25) is 0 Å². The molecule has 0 aliphatic carbocycles. The van der Waals surface area contributed by atoms with Crippen LogP contribution in [0.15, 0.2) is 36.4 Å². The highest BCUT2D eigenvalue weighted by atomic mass is 14.8. The SMILES string of the molecule is CNc1ccc(-c2c(C)cc(C(C)(C)C)cc2C)cc1. The van der Waals surface area contributed by atoms with Crippen LogP contribution in [0, 0.1) is 13.8 Å². The van der Waals surface area contributed by atoms with Gasteiger partial charge in [-0.2, -0.15) is 0 Å². The second-order valence-electron chi connectivity index (χ2n) is 6.56. The topological polar surface area (TPSA) is 12.0 Å². The molecule has 0 fully saturated rings. The van der Waals surface area contributed by atoms with Gasteiger partial charge < -0.3 is 5.32 Å². The summed E-state index contributed by atoms with van der Waals surface area (Å²) in [5, 5.41) is 3.16. The highest BCUT2D eigenvalue weighted by Crippen LogP contribution is 2.33. The van der Waals surface area contributed by atoms with Crippen LogP contribution in [0.3, 0.4) is 0 Å². The van der Waals surface area contributed by atoms with Crippen LogP contribution in [-0.2, 0) is 5.41 Å². The molecule has 0 radical (unpaired) electrons. The van der Waals surface area contributed by atoms with Gasteiger partial charge in [-0.15, -0.1) is 0 Å². The molecule has 0 unspecified atom stereocenters. The maximum absolute atomic E-state index is 3.16. The zero-order valence-electron chi connectivity index (χ0n) is 13.5. The summed E-state index contributed by atoms with van der Waals surface area (Å²) in [6.07, 6.45) is 0. The largest absolute Gasteiger partial charge is 0.388 e. The second-order valence-corrected chi connectivity index (χ2v) is 6.56. The summed E-state index contributed by atoms with van der Waals surface area (Å²) in [4.78, 5) is 0. The van der Waals surface area contributed by atoms with Gasteiger partial charge in [0.1, 0.15) is 0 Å². The van der Waals surface area contributed by atoms with E-state index in [4.69, 9.17) is 0 Å². The Bertz CT molecular complexity index is 578. The summed E-state index contributed by atoms with van der Waals surface area (Å²) in [7, 11) is 1.95. The molecular formula is C19H25N. The van der Waals surface area contributed by atoms with E-state index in [0.717, 1.165) is 5.69 Å². The first kappa shape index (κ1) is 14.6. The van der Waals surface area contributed by atoms with Crippen molar-refractivity contribution in [3.8, 4) is 11.1 Å². The van der Waals surface area contributed by atoms with Crippen molar-refractivity contribution in [2.45, 2.75) is 40.0 Å². The minimum atomic E-state index is 0.198. The molecule has 1 heteroatoms. The molecule has 0 amide bonds. The van der Waals surface area contributed by atoms with Crippen LogP contribution in [0.4, 0.5) is 5.69 Å². The Morgan fingerprint density at radius 2 is 1.35 bits per heavy atom. The molecule has 20 heavy (non-hydrogen) atoms. The summed E-state index contributed by atoms with van der Waals surface area (Å²) in [5.41, 5.74) is 8.11. The van der Waals surface area contributed by atoms with Gasteiger partial charge >= 0.3 is 0 Å².